The first-order valence-electron chi connectivity index (χ1n) is 10.9. The van der Waals surface area contributed by atoms with Crippen molar-refractivity contribution in [3.63, 3.8) is 0 Å². The number of amides is 1. The van der Waals surface area contributed by atoms with E-state index in [1.54, 1.807) is 6.07 Å². The van der Waals surface area contributed by atoms with Gasteiger partial charge in [0, 0.05) is 12.6 Å². The predicted molar refractivity (Wildman–Crippen MR) is 115 cm³/mol. The normalized spacial score (nSPS) is 11.2. The molecule has 152 valence electrons. The highest BCUT2D eigenvalue weighted by Gasteiger charge is 2.11. The van der Waals surface area contributed by atoms with Gasteiger partial charge < -0.3 is 0 Å². The van der Waals surface area contributed by atoms with Crippen molar-refractivity contribution in [3.8, 4) is 0 Å². The topological polar surface area (TPSA) is 40.5 Å². The summed E-state index contributed by atoms with van der Waals surface area (Å²) in [6.45, 7) is 2.27. The number of allylic oxidation sites excluding steroid dienone is 1. The molecule has 0 bridgehead atoms. The molecule has 3 heteroatoms. The molecule has 0 atom stereocenters. The number of carbonyl (C=O) groups is 1. The van der Waals surface area contributed by atoms with Crippen LogP contribution in [0.1, 0.15) is 106 Å². The van der Waals surface area contributed by atoms with Crippen molar-refractivity contribution in [3.05, 3.63) is 41.5 Å². The second-order valence-electron chi connectivity index (χ2n) is 7.50. The molecule has 3 nitrogen and oxygen atoms in total. The van der Waals surface area contributed by atoms with Crippen LogP contribution >= 0.6 is 0 Å². The molecule has 0 radical (unpaired) electrons. The third-order valence-corrected chi connectivity index (χ3v) is 5.01. The average molecular weight is 374 g/mol. The second-order valence-corrected chi connectivity index (χ2v) is 7.50. The van der Waals surface area contributed by atoms with Gasteiger partial charge in [-0.1, -0.05) is 108 Å². The van der Waals surface area contributed by atoms with Gasteiger partial charge in [-0.25, -0.2) is 5.06 Å². The number of hydrogen-bond acceptors (Lipinski definition) is 2. The molecule has 0 heterocycles. The number of nitrogens with zero attached hydrogens (tertiary/aromatic N) is 1. The summed E-state index contributed by atoms with van der Waals surface area (Å²) in [5.74, 6) is -0.374. The lowest BCUT2D eigenvalue weighted by Crippen LogP contribution is -2.23. The summed E-state index contributed by atoms with van der Waals surface area (Å²) in [7, 11) is 1.36. The number of hydrogen-bond donors (Lipinski definition) is 1. The van der Waals surface area contributed by atoms with Crippen molar-refractivity contribution in [1.82, 2.24) is 5.06 Å². The molecule has 1 N–H and O–H groups in total. The Kier molecular flexibility index (Phi) is 13.4. The van der Waals surface area contributed by atoms with Crippen LogP contribution in [0.4, 0.5) is 0 Å². The van der Waals surface area contributed by atoms with E-state index in [0.29, 0.717) is 10.6 Å². The van der Waals surface area contributed by atoms with E-state index in [9.17, 15) is 10.0 Å². The maximum absolute atomic E-state index is 12.0. The third kappa shape index (κ3) is 11.0. The van der Waals surface area contributed by atoms with E-state index >= 15 is 0 Å². The zero-order chi connectivity index (χ0) is 19.7. The summed E-state index contributed by atoms with van der Waals surface area (Å²) in [5.41, 5.74) is 1.40. The molecular formula is C24H39NO2. The first-order chi connectivity index (χ1) is 13.2. The predicted octanol–water partition coefficient (Wildman–Crippen LogP) is 7.25. The molecule has 1 aromatic rings. The van der Waals surface area contributed by atoms with Gasteiger partial charge in [0.05, 0.1) is 0 Å². The number of benzene rings is 1. The van der Waals surface area contributed by atoms with Crippen LogP contribution in [0.5, 0.6) is 0 Å². The van der Waals surface area contributed by atoms with Crippen LogP contribution in [0, 0.1) is 0 Å². The average Bonchev–Trinajstić information content (AvgIpc) is 2.68. The van der Waals surface area contributed by atoms with Crippen molar-refractivity contribution in [2.75, 3.05) is 7.05 Å². The molecule has 0 unspecified atom stereocenters. The van der Waals surface area contributed by atoms with Gasteiger partial charge in [0.15, 0.2) is 0 Å². The Bertz CT molecular complexity index is 537. The lowest BCUT2D eigenvalue weighted by Gasteiger charge is -2.10. The molecule has 1 amide bonds. The number of unbranched alkanes of at least 4 members (excludes halogenated alkanes) is 12. The van der Waals surface area contributed by atoms with Crippen molar-refractivity contribution in [2.45, 2.75) is 90.4 Å². The fourth-order valence-electron chi connectivity index (χ4n) is 3.32. The van der Waals surface area contributed by atoms with Crippen LogP contribution in [-0.4, -0.2) is 23.2 Å². The van der Waals surface area contributed by atoms with Gasteiger partial charge in [0.2, 0.25) is 0 Å². The Morgan fingerprint density at radius 1 is 0.889 bits per heavy atom. The molecule has 1 aromatic carbocycles. The van der Waals surface area contributed by atoms with E-state index in [0.717, 1.165) is 12.0 Å². The summed E-state index contributed by atoms with van der Waals surface area (Å²) >= 11 is 0. The largest absolute Gasteiger partial charge is 0.286 e. The van der Waals surface area contributed by atoms with Crippen molar-refractivity contribution < 1.29 is 10.0 Å². The van der Waals surface area contributed by atoms with Gasteiger partial charge in [-0.2, -0.15) is 0 Å². The first kappa shape index (κ1) is 23.4. The Balaban J connectivity index is 2.08. The third-order valence-electron chi connectivity index (χ3n) is 5.01. The van der Waals surface area contributed by atoms with Gasteiger partial charge in [-0.3, -0.25) is 10.0 Å². The van der Waals surface area contributed by atoms with Crippen LogP contribution in [0.25, 0.3) is 6.08 Å². The Labute approximate surface area is 166 Å². The van der Waals surface area contributed by atoms with E-state index in [-0.39, 0.29) is 5.91 Å². The molecule has 0 aromatic heterocycles. The maximum Gasteiger partial charge on any atom is 0.277 e. The highest BCUT2D eigenvalue weighted by Crippen LogP contribution is 2.15. The second kappa shape index (κ2) is 15.4. The maximum atomic E-state index is 12.0. The lowest BCUT2D eigenvalue weighted by molar-refractivity contribution is -0.0375. The molecule has 0 fully saturated rings. The highest BCUT2D eigenvalue weighted by molar-refractivity contribution is 5.96. The molecule has 0 aliphatic heterocycles. The monoisotopic (exact) mass is 373 g/mol. The molecule has 0 saturated heterocycles. The quantitative estimate of drug-likeness (QED) is 0.200. The minimum Gasteiger partial charge on any atom is -0.286 e. The summed E-state index contributed by atoms with van der Waals surface area (Å²) in [4.78, 5) is 12.0. The molecule has 0 saturated carbocycles. The molecule has 0 spiro atoms. The smallest absolute Gasteiger partial charge is 0.277 e. The standard InChI is InChI=1S/C24H39NO2/c1-3-4-5-6-7-8-9-10-11-12-13-14-15-16-19-22-20-17-18-21-23(22)24(26)25(2)27/h16-21,27H,3-15H2,1-2H3. The van der Waals surface area contributed by atoms with Gasteiger partial charge in [-0.15, -0.1) is 0 Å². The minimum absolute atomic E-state index is 0.374. The SMILES string of the molecule is CCCCCCCCCCCCCCC=Cc1ccccc1C(=O)N(C)O. The highest BCUT2D eigenvalue weighted by atomic mass is 16.5. The molecule has 0 aliphatic carbocycles. The van der Waals surface area contributed by atoms with Crippen LogP contribution in [0.15, 0.2) is 30.3 Å². The van der Waals surface area contributed by atoms with Gasteiger partial charge in [0.25, 0.3) is 5.91 Å². The van der Waals surface area contributed by atoms with Crippen LogP contribution in [-0.2, 0) is 0 Å². The van der Waals surface area contributed by atoms with Crippen molar-refractivity contribution >= 4 is 12.0 Å². The van der Waals surface area contributed by atoms with E-state index in [4.69, 9.17) is 0 Å². The van der Waals surface area contributed by atoms with E-state index in [2.05, 4.69) is 13.0 Å². The van der Waals surface area contributed by atoms with Crippen LogP contribution in [0.2, 0.25) is 0 Å². The number of rotatable bonds is 15. The Morgan fingerprint density at radius 3 is 1.96 bits per heavy atom. The molecule has 1 rings (SSSR count). The fraction of sp³-hybridized carbons (Fsp3) is 0.625. The van der Waals surface area contributed by atoms with Crippen molar-refractivity contribution in [2.24, 2.45) is 0 Å². The fourth-order valence-corrected chi connectivity index (χ4v) is 3.32. The van der Waals surface area contributed by atoms with E-state index < -0.39 is 0 Å². The first-order valence-corrected chi connectivity index (χ1v) is 10.9. The number of hydroxylamine groups is 2. The number of carbonyl (C=O) groups excluding carboxylic acids is 1. The van der Waals surface area contributed by atoms with E-state index in [1.807, 2.05) is 24.3 Å². The summed E-state index contributed by atoms with van der Waals surface area (Å²) in [6, 6.07) is 7.39. The Hall–Kier alpha value is -1.61. The van der Waals surface area contributed by atoms with Gasteiger partial charge in [0.1, 0.15) is 0 Å². The van der Waals surface area contributed by atoms with Crippen molar-refractivity contribution in [1.29, 1.82) is 0 Å². The van der Waals surface area contributed by atoms with E-state index in [1.165, 1.54) is 84.1 Å². The summed E-state index contributed by atoms with van der Waals surface area (Å²) in [5, 5.41) is 9.99. The Morgan fingerprint density at radius 2 is 1.41 bits per heavy atom. The van der Waals surface area contributed by atoms with Crippen LogP contribution in [0.3, 0.4) is 0 Å². The lowest BCUT2D eigenvalue weighted by atomic mass is 10.0. The summed E-state index contributed by atoms with van der Waals surface area (Å²) < 4.78 is 0. The van der Waals surface area contributed by atoms with Gasteiger partial charge >= 0.3 is 0 Å². The molecular weight excluding hydrogens is 334 g/mol. The molecule has 0 aliphatic rings. The van der Waals surface area contributed by atoms with Crippen LogP contribution < -0.4 is 0 Å². The molecule has 27 heavy (non-hydrogen) atoms. The zero-order valence-corrected chi connectivity index (χ0v) is 17.5. The minimum atomic E-state index is -0.374. The van der Waals surface area contributed by atoms with Gasteiger partial charge in [-0.05, 0) is 24.5 Å². The summed E-state index contributed by atoms with van der Waals surface area (Å²) in [6.07, 6.45) is 21.5. The zero-order valence-electron chi connectivity index (χ0n) is 17.5.